The molecule has 3 N–H and O–H groups in total. The van der Waals surface area contributed by atoms with Crippen molar-refractivity contribution in [1.82, 2.24) is 8.43 Å². The molecule has 0 unspecified atom stereocenters. The number of amides is 1. The molecule has 1 aliphatic heterocycles. The van der Waals surface area contributed by atoms with Crippen LogP contribution < -0.4 is 9.26 Å². The number of nitrogens with one attached hydrogen (secondary N) is 1. The molecule has 1 atom stereocenters. The Morgan fingerprint density at radius 2 is 2.55 bits per heavy atom. The first kappa shape index (κ1) is 9.21. The van der Waals surface area contributed by atoms with Crippen LogP contribution in [-0.4, -0.2) is 36.5 Å². The summed E-state index contributed by atoms with van der Waals surface area (Å²) in [6.45, 7) is 2.31. The average molecular weight is 269 g/mol. The van der Waals surface area contributed by atoms with Crippen molar-refractivity contribution < 1.29 is 4.79 Å². The van der Waals surface area contributed by atoms with Gasteiger partial charge in [-0.25, -0.2) is 0 Å². The van der Waals surface area contributed by atoms with Gasteiger partial charge in [0.25, 0.3) is 0 Å². The number of halogens is 1. The molecule has 1 aliphatic rings. The molecule has 0 aromatic carbocycles. The smallest absolute Gasteiger partial charge is 0.231 e. The van der Waals surface area contributed by atoms with Gasteiger partial charge in [0.2, 0.25) is 5.91 Å². The summed E-state index contributed by atoms with van der Waals surface area (Å²) < 4.78 is 3.14. The molecule has 11 heavy (non-hydrogen) atoms. The Morgan fingerprint density at radius 1 is 1.82 bits per heavy atom. The van der Waals surface area contributed by atoms with E-state index < -0.39 is 0 Å². The maximum Gasteiger partial charge on any atom is 0.231 e. The Bertz CT molecular complexity index is 153. The van der Waals surface area contributed by atoms with E-state index in [2.05, 4.69) is 31.3 Å². The van der Waals surface area contributed by atoms with Gasteiger partial charge in [0.05, 0.1) is 6.54 Å². The van der Waals surface area contributed by atoms with Gasteiger partial charge in [-0.1, -0.05) is 0 Å². The fourth-order valence-corrected chi connectivity index (χ4v) is 1.79. The van der Waals surface area contributed by atoms with Crippen molar-refractivity contribution in [3.05, 3.63) is 0 Å². The van der Waals surface area contributed by atoms with Crippen molar-refractivity contribution in [3.63, 3.8) is 0 Å². The van der Waals surface area contributed by atoms with Gasteiger partial charge >= 0.3 is 0 Å². The van der Waals surface area contributed by atoms with Gasteiger partial charge in [0, 0.05) is 42.0 Å². The summed E-state index contributed by atoms with van der Waals surface area (Å²) >= 11 is 2.14. The molecule has 4 nitrogen and oxygen atoms in total. The van der Waals surface area contributed by atoms with E-state index in [9.17, 15) is 4.79 Å². The summed E-state index contributed by atoms with van der Waals surface area (Å²) in [6, 6.07) is 0.523. The Morgan fingerprint density at radius 3 is 3.00 bits per heavy atom. The molecule has 1 rings (SSSR count). The topological polar surface area (TPSA) is 58.4 Å². The highest BCUT2D eigenvalue weighted by molar-refractivity contribution is 14.1. The van der Waals surface area contributed by atoms with Gasteiger partial charge in [-0.2, -0.15) is 0 Å². The zero-order chi connectivity index (χ0) is 8.27. The standard InChI is InChI=1S/C6H12IN3O/c7-9-5-1-2-10(3-5)4-6(8)11/h5,9H,1-4H2,(H2,8,11)/t5-/m1/s1. The van der Waals surface area contributed by atoms with E-state index in [1.165, 1.54) is 0 Å². The summed E-state index contributed by atoms with van der Waals surface area (Å²) in [5, 5.41) is 0. The van der Waals surface area contributed by atoms with Crippen LogP contribution in [-0.2, 0) is 4.79 Å². The minimum Gasteiger partial charge on any atom is -0.369 e. The molecule has 1 saturated heterocycles. The van der Waals surface area contributed by atoms with Crippen LogP contribution in [0.15, 0.2) is 0 Å². The summed E-state index contributed by atoms with van der Waals surface area (Å²) in [4.78, 5) is 12.6. The van der Waals surface area contributed by atoms with E-state index in [1.54, 1.807) is 0 Å². The van der Waals surface area contributed by atoms with E-state index in [1.807, 2.05) is 0 Å². The van der Waals surface area contributed by atoms with E-state index >= 15 is 0 Å². The van der Waals surface area contributed by atoms with Crippen LogP contribution in [0.3, 0.4) is 0 Å². The van der Waals surface area contributed by atoms with Crippen LogP contribution in [0.5, 0.6) is 0 Å². The maximum absolute atomic E-state index is 10.5. The predicted octanol–water partition coefficient (Wildman–Crippen LogP) is -0.514. The third-order valence-electron chi connectivity index (χ3n) is 1.81. The highest BCUT2D eigenvalue weighted by atomic mass is 127. The largest absolute Gasteiger partial charge is 0.369 e. The minimum absolute atomic E-state index is 0.237. The van der Waals surface area contributed by atoms with Gasteiger partial charge in [-0.15, -0.1) is 0 Å². The second-order valence-corrected chi connectivity index (χ2v) is 3.42. The number of nitrogens with zero attached hydrogens (tertiary/aromatic N) is 1. The molecule has 0 aromatic rings. The quantitative estimate of drug-likeness (QED) is 0.535. The lowest BCUT2D eigenvalue weighted by Crippen LogP contribution is -2.34. The van der Waals surface area contributed by atoms with Gasteiger partial charge in [-0.3, -0.25) is 13.2 Å². The van der Waals surface area contributed by atoms with Gasteiger partial charge in [0.15, 0.2) is 0 Å². The van der Waals surface area contributed by atoms with Crippen LogP contribution in [0.25, 0.3) is 0 Å². The molecule has 1 heterocycles. The number of hydrogen-bond donors (Lipinski definition) is 2. The zero-order valence-corrected chi connectivity index (χ0v) is 8.37. The average Bonchev–Trinajstić information content (AvgIpc) is 2.34. The SMILES string of the molecule is NC(=O)CN1CC[C@@H](NI)C1. The Balaban J connectivity index is 2.24. The molecule has 0 aliphatic carbocycles. The molecule has 0 bridgehead atoms. The Labute approximate surface area is 80.0 Å². The zero-order valence-electron chi connectivity index (χ0n) is 6.22. The van der Waals surface area contributed by atoms with Crippen LogP contribution in [0, 0.1) is 0 Å². The lowest BCUT2D eigenvalue weighted by molar-refractivity contribution is -0.118. The number of nitrogens with two attached hydrogens (primary N) is 1. The number of primary amides is 1. The number of carbonyl (C=O) groups is 1. The summed E-state index contributed by atoms with van der Waals surface area (Å²) in [7, 11) is 0. The fraction of sp³-hybridized carbons (Fsp3) is 0.833. The van der Waals surface area contributed by atoms with Crippen molar-refractivity contribution in [2.75, 3.05) is 19.6 Å². The van der Waals surface area contributed by atoms with Crippen molar-refractivity contribution in [2.24, 2.45) is 5.73 Å². The Hall–Kier alpha value is 0.120. The number of hydrogen-bond acceptors (Lipinski definition) is 3. The van der Waals surface area contributed by atoms with Crippen molar-refractivity contribution in [2.45, 2.75) is 12.5 Å². The molecule has 1 fully saturated rings. The third-order valence-corrected chi connectivity index (χ3v) is 2.69. The van der Waals surface area contributed by atoms with Crippen LogP contribution in [0.2, 0.25) is 0 Å². The van der Waals surface area contributed by atoms with Gasteiger partial charge in [-0.05, 0) is 6.42 Å². The van der Waals surface area contributed by atoms with Crippen LogP contribution in [0.4, 0.5) is 0 Å². The molecule has 5 heteroatoms. The molecule has 0 saturated carbocycles. The van der Waals surface area contributed by atoms with E-state index in [0.717, 1.165) is 19.5 Å². The molecule has 0 spiro atoms. The number of rotatable bonds is 3. The molecule has 0 aromatic heterocycles. The second kappa shape index (κ2) is 4.22. The summed E-state index contributed by atoms with van der Waals surface area (Å²) in [5.74, 6) is -0.237. The molecular weight excluding hydrogens is 257 g/mol. The highest BCUT2D eigenvalue weighted by Gasteiger charge is 2.21. The van der Waals surface area contributed by atoms with Crippen molar-refractivity contribution in [1.29, 1.82) is 0 Å². The number of carbonyl (C=O) groups excluding carboxylic acids is 1. The first-order valence-corrected chi connectivity index (χ1v) is 4.67. The monoisotopic (exact) mass is 269 g/mol. The van der Waals surface area contributed by atoms with E-state index in [4.69, 9.17) is 5.73 Å². The lowest BCUT2D eigenvalue weighted by Gasteiger charge is -2.12. The molecule has 0 radical (unpaired) electrons. The van der Waals surface area contributed by atoms with Crippen LogP contribution in [0.1, 0.15) is 6.42 Å². The molecule has 64 valence electrons. The normalized spacial score (nSPS) is 25.7. The lowest BCUT2D eigenvalue weighted by atomic mass is 10.3. The maximum atomic E-state index is 10.5. The molecule has 1 amide bonds. The summed E-state index contributed by atoms with van der Waals surface area (Å²) in [6.07, 6.45) is 1.11. The fourth-order valence-electron chi connectivity index (χ4n) is 1.29. The first-order chi connectivity index (χ1) is 5.22. The van der Waals surface area contributed by atoms with Crippen molar-refractivity contribution >= 4 is 28.8 Å². The first-order valence-electron chi connectivity index (χ1n) is 3.59. The van der Waals surface area contributed by atoms with Crippen molar-refractivity contribution in [3.8, 4) is 0 Å². The molecular formula is C6H12IN3O. The second-order valence-electron chi connectivity index (χ2n) is 2.80. The van der Waals surface area contributed by atoms with Gasteiger partial charge < -0.3 is 5.73 Å². The highest BCUT2D eigenvalue weighted by Crippen LogP contribution is 2.08. The van der Waals surface area contributed by atoms with Crippen LogP contribution >= 0.6 is 22.9 Å². The number of likely N-dealkylation sites (tertiary alicyclic amines) is 1. The minimum atomic E-state index is -0.237. The predicted molar refractivity (Wildman–Crippen MR) is 51.2 cm³/mol. The van der Waals surface area contributed by atoms with E-state index in [-0.39, 0.29) is 5.91 Å². The summed E-state index contributed by atoms with van der Waals surface area (Å²) in [5.41, 5.74) is 5.06. The Kier molecular flexibility index (Phi) is 3.53. The van der Waals surface area contributed by atoms with E-state index in [0.29, 0.717) is 12.6 Å². The third kappa shape index (κ3) is 2.92. The van der Waals surface area contributed by atoms with Gasteiger partial charge in [0.1, 0.15) is 0 Å².